The Balaban J connectivity index is 2.00. The Bertz CT molecular complexity index is 491. The van der Waals surface area contributed by atoms with Gasteiger partial charge < -0.3 is 5.73 Å². The van der Waals surface area contributed by atoms with Crippen LogP contribution >= 0.6 is 0 Å². The molecule has 0 amide bonds. The quantitative estimate of drug-likeness (QED) is 0.574. The monoisotopic (exact) mass is 309 g/mol. The van der Waals surface area contributed by atoms with Gasteiger partial charge in [-0.05, 0) is 30.4 Å². The number of benzene rings is 2. The van der Waals surface area contributed by atoms with Crippen LogP contribution in [0, 0.1) is 0 Å². The Morgan fingerprint density at radius 1 is 0.696 bits per heavy atom. The summed E-state index contributed by atoms with van der Waals surface area (Å²) in [4.78, 5) is 0. The fourth-order valence-electron chi connectivity index (χ4n) is 3.32. The van der Waals surface area contributed by atoms with Crippen molar-refractivity contribution in [3.8, 4) is 0 Å². The lowest BCUT2D eigenvalue weighted by Gasteiger charge is -2.30. The first kappa shape index (κ1) is 17.7. The number of unbranched alkanes of at least 4 members (excludes halogenated alkanes) is 4. The molecule has 0 aliphatic heterocycles. The van der Waals surface area contributed by atoms with Crippen molar-refractivity contribution >= 4 is 0 Å². The van der Waals surface area contributed by atoms with Crippen LogP contribution in [0.4, 0.5) is 0 Å². The van der Waals surface area contributed by atoms with E-state index in [9.17, 15) is 0 Å². The van der Waals surface area contributed by atoms with Crippen LogP contribution in [0.2, 0.25) is 0 Å². The van der Waals surface area contributed by atoms with Gasteiger partial charge in [-0.3, -0.25) is 0 Å². The van der Waals surface area contributed by atoms with E-state index in [0.717, 1.165) is 19.3 Å². The Labute approximate surface area is 141 Å². The molecule has 2 aromatic rings. The molecular formula is C22H31N. The molecule has 0 aromatic heterocycles. The van der Waals surface area contributed by atoms with Crippen molar-refractivity contribution in [2.45, 2.75) is 63.8 Å². The van der Waals surface area contributed by atoms with E-state index in [1.54, 1.807) is 0 Å². The zero-order valence-electron chi connectivity index (χ0n) is 14.5. The minimum absolute atomic E-state index is 0.144. The van der Waals surface area contributed by atoms with Gasteiger partial charge in [0.2, 0.25) is 0 Å². The molecule has 0 saturated heterocycles. The first-order valence-electron chi connectivity index (χ1n) is 9.08. The molecule has 1 nitrogen and oxygen atoms in total. The molecule has 2 rings (SSSR count). The van der Waals surface area contributed by atoms with Gasteiger partial charge in [0.15, 0.2) is 0 Å². The second-order valence-electron chi connectivity index (χ2n) is 6.85. The van der Waals surface area contributed by atoms with Gasteiger partial charge in [0.25, 0.3) is 0 Å². The standard InChI is InChI=1S/C22H31N/c1-2-3-4-5-12-17-22(23,18-20-13-8-6-9-14-20)19-21-15-10-7-11-16-21/h6-11,13-16H,2-5,12,17-19,23H2,1H3. The molecule has 23 heavy (non-hydrogen) atoms. The van der Waals surface area contributed by atoms with Gasteiger partial charge in [-0.1, -0.05) is 99.7 Å². The molecule has 0 spiro atoms. The second kappa shape index (κ2) is 9.52. The molecule has 0 atom stereocenters. The number of hydrogen-bond donors (Lipinski definition) is 1. The first-order valence-corrected chi connectivity index (χ1v) is 9.08. The van der Waals surface area contributed by atoms with E-state index < -0.39 is 0 Å². The van der Waals surface area contributed by atoms with Crippen LogP contribution in [0.1, 0.15) is 56.6 Å². The van der Waals surface area contributed by atoms with Crippen LogP contribution in [-0.4, -0.2) is 5.54 Å². The van der Waals surface area contributed by atoms with E-state index in [0.29, 0.717) is 0 Å². The lowest BCUT2D eigenvalue weighted by molar-refractivity contribution is 0.368. The molecular weight excluding hydrogens is 278 g/mol. The third-order valence-electron chi connectivity index (χ3n) is 4.58. The predicted molar refractivity (Wildman–Crippen MR) is 101 cm³/mol. The fraction of sp³-hybridized carbons (Fsp3) is 0.455. The molecule has 0 aliphatic rings. The summed E-state index contributed by atoms with van der Waals surface area (Å²) in [5.41, 5.74) is 9.43. The van der Waals surface area contributed by atoms with Crippen LogP contribution < -0.4 is 5.73 Å². The van der Waals surface area contributed by atoms with Gasteiger partial charge in [0.1, 0.15) is 0 Å². The third-order valence-corrected chi connectivity index (χ3v) is 4.58. The van der Waals surface area contributed by atoms with Crippen LogP contribution in [0.25, 0.3) is 0 Å². The highest BCUT2D eigenvalue weighted by Gasteiger charge is 2.25. The number of hydrogen-bond acceptors (Lipinski definition) is 1. The summed E-state index contributed by atoms with van der Waals surface area (Å²) < 4.78 is 0. The summed E-state index contributed by atoms with van der Waals surface area (Å²) in [6, 6.07) is 21.4. The molecule has 0 unspecified atom stereocenters. The van der Waals surface area contributed by atoms with E-state index in [-0.39, 0.29) is 5.54 Å². The van der Waals surface area contributed by atoms with E-state index in [1.165, 1.54) is 43.2 Å². The van der Waals surface area contributed by atoms with Gasteiger partial charge in [-0.2, -0.15) is 0 Å². The highest BCUT2D eigenvalue weighted by Crippen LogP contribution is 2.23. The molecule has 0 fully saturated rings. The summed E-state index contributed by atoms with van der Waals surface area (Å²) in [6.45, 7) is 2.26. The maximum Gasteiger partial charge on any atom is 0.0235 e. The molecule has 124 valence electrons. The van der Waals surface area contributed by atoms with E-state index in [4.69, 9.17) is 5.73 Å². The maximum absolute atomic E-state index is 6.88. The van der Waals surface area contributed by atoms with Gasteiger partial charge in [0.05, 0.1) is 0 Å². The van der Waals surface area contributed by atoms with E-state index in [1.807, 2.05) is 0 Å². The number of rotatable bonds is 10. The number of nitrogens with two attached hydrogens (primary N) is 1. The first-order chi connectivity index (χ1) is 11.2. The van der Waals surface area contributed by atoms with E-state index >= 15 is 0 Å². The van der Waals surface area contributed by atoms with Crippen molar-refractivity contribution in [1.29, 1.82) is 0 Å². The zero-order chi connectivity index (χ0) is 16.4. The Morgan fingerprint density at radius 3 is 1.65 bits per heavy atom. The Kier molecular flexibility index (Phi) is 7.35. The highest BCUT2D eigenvalue weighted by molar-refractivity contribution is 5.22. The van der Waals surface area contributed by atoms with Gasteiger partial charge in [-0.25, -0.2) is 0 Å². The highest BCUT2D eigenvalue weighted by atomic mass is 14.7. The molecule has 0 radical (unpaired) electrons. The minimum atomic E-state index is -0.144. The average Bonchev–Trinajstić information content (AvgIpc) is 2.56. The summed E-state index contributed by atoms with van der Waals surface area (Å²) in [5, 5.41) is 0. The normalized spacial score (nSPS) is 11.6. The SMILES string of the molecule is CCCCCCCC(N)(Cc1ccccc1)Cc1ccccc1. The maximum atomic E-state index is 6.88. The molecule has 0 aliphatic carbocycles. The van der Waals surface area contributed by atoms with Crippen LogP contribution in [0.3, 0.4) is 0 Å². The Morgan fingerprint density at radius 2 is 1.17 bits per heavy atom. The smallest absolute Gasteiger partial charge is 0.0235 e. The van der Waals surface area contributed by atoms with Crippen molar-refractivity contribution in [3.63, 3.8) is 0 Å². The van der Waals surface area contributed by atoms with Crippen molar-refractivity contribution < 1.29 is 0 Å². The molecule has 0 bridgehead atoms. The van der Waals surface area contributed by atoms with E-state index in [2.05, 4.69) is 67.6 Å². The van der Waals surface area contributed by atoms with Gasteiger partial charge in [-0.15, -0.1) is 0 Å². The summed E-state index contributed by atoms with van der Waals surface area (Å²) in [7, 11) is 0. The van der Waals surface area contributed by atoms with Gasteiger partial charge >= 0.3 is 0 Å². The average molecular weight is 309 g/mol. The molecule has 0 saturated carbocycles. The lowest BCUT2D eigenvalue weighted by atomic mass is 9.81. The van der Waals surface area contributed by atoms with Crippen LogP contribution in [0.5, 0.6) is 0 Å². The summed E-state index contributed by atoms with van der Waals surface area (Å²) >= 11 is 0. The predicted octanol–water partition coefficient (Wildman–Crippen LogP) is 5.53. The third kappa shape index (κ3) is 6.58. The topological polar surface area (TPSA) is 26.0 Å². The zero-order valence-corrected chi connectivity index (χ0v) is 14.5. The molecule has 2 aromatic carbocycles. The summed E-state index contributed by atoms with van der Waals surface area (Å²) in [6.07, 6.45) is 9.51. The fourth-order valence-corrected chi connectivity index (χ4v) is 3.32. The molecule has 0 heterocycles. The Hall–Kier alpha value is -1.60. The van der Waals surface area contributed by atoms with Gasteiger partial charge in [0, 0.05) is 5.54 Å². The second-order valence-corrected chi connectivity index (χ2v) is 6.85. The lowest BCUT2D eigenvalue weighted by Crippen LogP contribution is -2.44. The minimum Gasteiger partial charge on any atom is -0.324 e. The van der Waals surface area contributed by atoms with Crippen molar-refractivity contribution in [2.24, 2.45) is 5.73 Å². The largest absolute Gasteiger partial charge is 0.324 e. The molecule has 1 heteroatoms. The van der Waals surface area contributed by atoms with Crippen molar-refractivity contribution in [1.82, 2.24) is 0 Å². The van der Waals surface area contributed by atoms with Crippen LogP contribution in [-0.2, 0) is 12.8 Å². The van der Waals surface area contributed by atoms with Crippen LogP contribution in [0.15, 0.2) is 60.7 Å². The summed E-state index contributed by atoms with van der Waals surface area (Å²) in [5.74, 6) is 0. The van der Waals surface area contributed by atoms with Crippen molar-refractivity contribution in [3.05, 3.63) is 71.8 Å². The molecule has 2 N–H and O–H groups in total. The van der Waals surface area contributed by atoms with Crippen molar-refractivity contribution in [2.75, 3.05) is 0 Å².